The minimum Gasteiger partial charge on any atom is -0.466 e. The summed E-state index contributed by atoms with van der Waals surface area (Å²) >= 11 is 0. The van der Waals surface area contributed by atoms with Gasteiger partial charge in [-0.15, -0.1) is 0 Å². The van der Waals surface area contributed by atoms with Crippen molar-refractivity contribution in [1.82, 2.24) is 0 Å². The molecule has 0 rings (SSSR count). The van der Waals surface area contributed by atoms with Gasteiger partial charge in [-0.2, -0.15) is 0 Å². The summed E-state index contributed by atoms with van der Waals surface area (Å²) in [4.78, 5) is 10.2. The Hall–Kier alpha value is -0.880. The van der Waals surface area contributed by atoms with Crippen LogP contribution in [0, 0.1) is 0 Å². The Morgan fingerprint density at radius 3 is 1.68 bits per heavy atom. The van der Waals surface area contributed by atoms with E-state index in [0.29, 0.717) is 14.1 Å². The zero-order valence-electron chi connectivity index (χ0n) is 9.33. The lowest BCUT2D eigenvalue weighted by atomic mass is 10.1. The molecule has 19 heavy (non-hydrogen) atoms. The Balaban J connectivity index is -0.000000124. The summed E-state index contributed by atoms with van der Waals surface area (Å²) in [6.07, 6.45) is -2.41. The molecule has 0 N–H and O–H groups in total. The van der Waals surface area contributed by atoms with Crippen LogP contribution in [0.5, 0.6) is 0 Å². The SMILES string of the molecule is C.C.C.CC(=O)OCCC(F)(F)CC(C)(F)F.CF. The highest BCUT2D eigenvalue weighted by atomic mass is 19.3. The molecular formula is C12H27F5O2. The Morgan fingerprint density at radius 2 is 1.42 bits per heavy atom. The first-order chi connectivity index (χ1) is 7.12. The highest BCUT2D eigenvalue weighted by molar-refractivity contribution is 5.65. The average molecular weight is 298 g/mol. The molecule has 0 aromatic rings. The van der Waals surface area contributed by atoms with E-state index in [-0.39, 0.29) is 22.3 Å². The van der Waals surface area contributed by atoms with Gasteiger partial charge in [0.05, 0.1) is 20.2 Å². The predicted molar refractivity (Wildman–Crippen MR) is 68.7 cm³/mol. The van der Waals surface area contributed by atoms with Gasteiger partial charge in [-0.25, -0.2) is 17.6 Å². The number of halogens is 5. The zero-order chi connectivity index (χ0) is 13.4. The third-order valence-corrected chi connectivity index (χ3v) is 1.34. The van der Waals surface area contributed by atoms with E-state index in [1.165, 1.54) is 0 Å². The standard InChI is InChI=1S/C8H12F4O2.CH3F.3CH4/c1-6(13)14-4-3-8(11,12)5-7(2,9)10;1-2;;;/h3-5H2,1-2H3;1H3;3*1H4. The molecule has 0 unspecified atom stereocenters. The van der Waals surface area contributed by atoms with Crippen molar-refractivity contribution >= 4 is 5.97 Å². The quantitative estimate of drug-likeness (QED) is 0.520. The van der Waals surface area contributed by atoms with Crippen molar-refractivity contribution in [2.45, 2.75) is 60.8 Å². The van der Waals surface area contributed by atoms with Crippen molar-refractivity contribution in [2.75, 3.05) is 13.8 Å². The molecular weight excluding hydrogens is 271 g/mol. The fourth-order valence-electron chi connectivity index (χ4n) is 0.887. The second-order valence-corrected chi connectivity index (χ2v) is 3.19. The molecule has 0 saturated heterocycles. The van der Waals surface area contributed by atoms with Crippen molar-refractivity contribution in [2.24, 2.45) is 0 Å². The van der Waals surface area contributed by atoms with Crippen LogP contribution in [0.25, 0.3) is 0 Å². The Bertz CT molecular complexity index is 203. The van der Waals surface area contributed by atoms with Crippen molar-refractivity contribution in [3.05, 3.63) is 0 Å². The van der Waals surface area contributed by atoms with E-state index in [1.54, 1.807) is 0 Å². The minimum atomic E-state index is -3.51. The van der Waals surface area contributed by atoms with E-state index in [1.807, 2.05) is 0 Å². The topological polar surface area (TPSA) is 26.3 Å². The number of rotatable bonds is 5. The summed E-state index contributed by atoms with van der Waals surface area (Å²) in [5, 5.41) is 0. The molecule has 0 amide bonds. The minimum absolute atomic E-state index is 0. The largest absolute Gasteiger partial charge is 0.466 e. The van der Waals surface area contributed by atoms with Crippen molar-refractivity contribution in [1.29, 1.82) is 0 Å². The maximum absolute atomic E-state index is 12.7. The van der Waals surface area contributed by atoms with E-state index < -0.39 is 37.3 Å². The van der Waals surface area contributed by atoms with Gasteiger partial charge in [-0.3, -0.25) is 9.18 Å². The normalized spacial score (nSPS) is 9.68. The first kappa shape index (κ1) is 30.9. The molecule has 0 heterocycles. The molecule has 0 atom stereocenters. The summed E-state index contributed by atoms with van der Waals surface area (Å²) in [7, 11) is 0.500. The van der Waals surface area contributed by atoms with Gasteiger partial charge in [0.1, 0.15) is 0 Å². The van der Waals surface area contributed by atoms with E-state index in [4.69, 9.17) is 0 Å². The third-order valence-electron chi connectivity index (χ3n) is 1.34. The Labute approximate surface area is 113 Å². The summed E-state index contributed by atoms with van der Waals surface area (Å²) < 4.78 is 63.6. The molecule has 0 saturated carbocycles. The lowest BCUT2D eigenvalue weighted by molar-refractivity contribution is -0.146. The number of esters is 1. The van der Waals surface area contributed by atoms with Crippen LogP contribution in [-0.2, 0) is 9.53 Å². The van der Waals surface area contributed by atoms with E-state index in [0.717, 1.165) is 6.92 Å². The van der Waals surface area contributed by atoms with Crippen LogP contribution < -0.4 is 0 Å². The van der Waals surface area contributed by atoms with Crippen LogP contribution in [0.1, 0.15) is 49.0 Å². The highest BCUT2D eigenvalue weighted by Gasteiger charge is 2.39. The van der Waals surface area contributed by atoms with Gasteiger partial charge in [0.25, 0.3) is 11.8 Å². The molecule has 0 aromatic carbocycles. The van der Waals surface area contributed by atoms with Gasteiger partial charge in [0, 0.05) is 13.3 Å². The second-order valence-electron chi connectivity index (χ2n) is 3.19. The van der Waals surface area contributed by atoms with E-state index >= 15 is 0 Å². The van der Waals surface area contributed by atoms with Gasteiger partial charge in [-0.1, -0.05) is 22.3 Å². The molecule has 0 bridgehead atoms. The molecule has 7 heteroatoms. The summed E-state index contributed by atoms with van der Waals surface area (Å²) in [6.45, 7) is 0.942. The monoisotopic (exact) mass is 298 g/mol. The maximum Gasteiger partial charge on any atom is 0.302 e. The number of hydrogen-bond acceptors (Lipinski definition) is 2. The summed E-state index contributed by atoms with van der Waals surface area (Å²) in [5.74, 6) is -7.63. The molecule has 0 aromatic heterocycles. The number of ether oxygens (including phenoxy) is 1. The Kier molecular flexibility index (Phi) is 22.0. The van der Waals surface area contributed by atoms with Crippen molar-refractivity contribution in [3.63, 3.8) is 0 Å². The molecule has 0 aliphatic carbocycles. The van der Waals surface area contributed by atoms with E-state index in [2.05, 4.69) is 4.74 Å². The number of alkyl halides is 5. The van der Waals surface area contributed by atoms with Crippen molar-refractivity contribution in [3.8, 4) is 0 Å². The molecule has 0 radical (unpaired) electrons. The lowest BCUT2D eigenvalue weighted by Gasteiger charge is -2.19. The van der Waals surface area contributed by atoms with Gasteiger partial charge < -0.3 is 4.74 Å². The Morgan fingerprint density at radius 1 is 1.05 bits per heavy atom. The maximum atomic E-state index is 12.7. The van der Waals surface area contributed by atoms with Crippen LogP contribution in [-0.4, -0.2) is 31.6 Å². The number of hydrogen-bond donors (Lipinski definition) is 0. The van der Waals surface area contributed by atoms with Gasteiger partial charge in [-0.05, 0) is 6.92 Å². The van der Waals surface area contributed by atoms with Crippen LogP contribution in [0.3, 0.4) is 0 Å². The molecule has 0 spiro atoms. The third kappa shape index (κ3) is 26.6. The fourth-order valence-corrected chi connectivity index (χ4v) is 0.887. The number of carbonyl (C=O) groups is 1. The first-order valence-corrected chi connectivity index (χ1v) is 4.39. The van der Waals surface area contributed by atoms with Crippen LogP contribution in [0.2, 0.25) is 0 Å². The fraction of sp³-hybridized carbons (Fsp3) is 0.917. The molecule has 122 valence electrons. The number of carbonyl (C=O) groups excluding carboxylic acids is 1. The van der Waals surface area contributed by atoms with Gasteiger partial charge >= 0.3 is 5.97 Å². The van der Waals surface area contributed by atoms with Gasteiger partial charge in [0.2, 0.25) is 0 Å². The van der Waals surface area contributed by atoms with Crippen LogP contribution >= 0.6 is 0 Å². The van der Waals surface area contributed by atoms with Crippen LogP contribution in [0.15, 0.2) is 0 Å². The highest BCUT2D eigenvalue weighted by Crippen LogP contribution is 2.32. The van der Waals surface area contributed by atoms with Crippen LogP contribution in [0.4, 0.5) is 22.0 Å². The van der Waals surface area contributed by atoms with Gasteiger partial charge in [0.15, 0.2) is 0 Å². The molecule has 0 aliphatic heterocycles. The van der Waals surface area contributed by atoms with E-state index in [9.17, 15) is 26.7 Å². The molecule has 0 fully saturated rings. The molecule has 0 aliphatic rings. The molecule has 2 nitrogen and oxygen atoms in total. The zero-order valence-corrected chi connectivity index (χ0v) is 9.33. The summed E-state index contributed by atoms with van der Waals surface area (Å²) in [6, 6.07) is 0. The van der Waals surface area contributed by atoms with Crippen molar-refractivity contribution < 1.29 is 31.5 Å². The lowest BCUT2D eigenvalue weighted by Crippen LogP contribution is -2.28. The second kappa shape index (κ2) is 13.5. The first-order valence-electron chi connectivity index (χ1n) is 4.39. The predicted octanol–water partition coefficient (Wildman–Crippen LogP) is 5.11. The summed E-state index contributed by atoms with van der Waals surface area (Å²) in [5.41, 5.74) is 0. The smallest absolute Gasteiger partial charge is 0.302 e. The average Bonchev–Trinajstić information content (AvgIpc) is 2.01.